The minimum atomic E-state index is -0.353. The number of hydrogen-bond donors (Lipinski definition) is 1. The minimum Gasteiger partial charge on any atom is -0.365 e. The highest BCUT2D eigenvalue weighted by Crippen LogP contribution is 2.17. The molecule has 0 fully saturated rings. The Balaban J connectivity index is 0.000000980. The van der Waals surface area contributed by atoms with Gasteiger partial charge in [0.1, 0.15) is 5.82 Å². The lowest BCUT2D eigenvalue weighted by molar-refractivity contribution is 0.432. The first-order chi connectivity index (χ1) is 6.25. The summed E-state index contributed by atoms with van der Waals surface area (Å²) in [4.78, 5) is 3.76. The molecule has 1 aromatic heterocycles. The maximum atomic E-state index is 12.7. The van der Waals surface area contributed by atoms with Crippen LogP contribution in [0.4, 0.5) is 10.3 Å². The summed E-state index contributed by atoms with van der Waals surface area (Å²) < 4.78 is 17.5. The van der Waals surface area contributed by atoms with Gasteiger partial charge in [-0.1, -0.05) is 6.07 Å². The van der Waals surface area contributed by atoms with Gasteiger partial charge in [-0.15, -0.1) is 12.4 Å². The molecule has 0 aliphatic rings. The first kappa shape index (κ1) is 10.5. The van der Waals surface area contributed by atoms with Crippen LogP contribution in [-0.4, -0.2) is 10.1 Å². The molecule has 0 radical (unpaired) electrons. The van der Waals surface area contributed by atoms with Gasteiger partial charge in [-0.05, 0) is 23.4 Å². The molecule has 0 amide bonds. The van der Waals surface area contributed by atoms with Gasteiger partial charge in [0.05, 0.1) is 0 Å². The Hall–Kier alpha value is -1.62. The molecule has 2 rings (SSSR count). The Bertz CT molecular complexity index is 432. The number of aromatic nitrogens is 2. The number of nitrogen functional groups attached to an aromatic ring is 1. The van der Waals surface area contributed by atoms with Gasteiger partial charge >= 0.3 is 0 Å². The molecule has 2 aromatic rings. The molecule has 0 bridgehead atoms. The molecular weight excluding hydrogens is 209 g/mol. The standard InChI is InChI=1S/C8H6FN3O.ClH/c9-6-3-1-2-5(4-6)7-11-8(10)12-13-7;/h1-4H,(H2,10,12);1H. The Morgan fingerprint density at radius 3 is 2.71 bits per heavy atom. The van der Waals surface area contributed by atoms with Gasteiger partial charge in [0.25, 0.3) is 11.8 Å². The van der Waals surface area contributed by atoms with Crippen LogP contribution in [0.15, 0.2) is 28.8 Å². The van der Waals surface area contributed by atoms with E-state index in [1.54, 1.807) is 12.1 Å². The van der Waals surface area contributed by atoms with Crippen molar-refractivity contribution in [1.29, 1.82) is 0 Å². The summed E-state index contributed by atoms with van der Waals surface area (Å²) >= 11 is 0. The molecule has 6 heteroatoms. The van der Waals surface area contributed by atoms with Crippen molar-refractivity contribution in [3.8, 4) is 11.5 Å². The molecule has 2 N–H and O–H groups in total. The van der Waals surface area contributed by atoms with Gasteiger partial charge in [0, 0.05) is 5.56 Å². The Labute approximate surface area is 85.3 Å². The third kappa shape index (κ3) is 2.00. The van der Waals surface area contributed by atoms with E-state index in [1.165, 1.54) is 12.1 Å². The summed E-state index contributed by atoms with van der Waals surface area (Å²) in [5.41, 5.74) is 5.76. The smallest absolute Gasteiger partial charge is 0.261 e. The van der Waals surface area contributed by atoms with Crippen LogP contribution in [0.25, 0.3) is 11.5 Å². The van der Waals surface area contributed by atoms with Crippen molar-refractivity contribution in [2.45, 2.75) is 0 Å². The fraction of sp³-hybridized carbons (Fsp3) is 0. The highest BCUT2D eigenvalue weighted by Gasteiger charge is 2.06. The topological polar surface area (TPSA) is 64.9 Å². The summed E-state index contributed by atoms with van der Waals surface area (Å²) in [5, 5.41) is 3.39. The largest absolute Gasteiger partial charge is 0.365 e. The fourth-order valence-electron chi connectivity index (χ4n) is 0.974. The summed E-state index contributed by atoms with van der Waals surface area (Å²) in [5.74, 6) is -0.0921. The average molecular weight is 216 g/mol. The second-order valence-corrected chi connectivity index (χ2v) is 2.47. The van der Waals surface area contributed by atoms with E-state index in [2.05, 4.69) is 10.1 Å². The summed E-state index contributed by atoms with van der Waals surface area (Å²) in [6.45, 7) is 0. The number of anilines is 1. The highest BCUT2D eigenvalue weighted by atomic mass is 35.5. The summed E-state index contributed by atoms with van der Waals surface area (Å²) in [7, 11) is 0. The third-order valence-electron chi connectivity index (χ3n) is 1.51. The lowest BCUT2D eigenvalue weighted by Crippen LogP contribution is -1.85. The lowest BCUT2D eigenvalue weighted by atomic mass is 10.2. The van der Waals surface area contributed by atoms with Gasteiger partial charge in [-0.25, -0.2) is 4.39 Å². The molecule has 0 unspecified atom stereocenters. The van der Waals surface area contributed by atoms with E-state index in [9.17, 15) is 4.39 Å². The molecule has 1 aromatic carbocycles. The van der Waals surface area contributed by atoms with E-state index in [-0.39, 0.29) is 30.1 Å². The number of rotatable bonds is 1. The molecule has 14 heavy (non-hydrogen) atoms. The minimum absolute atomic E-state index is 0. The van der Waals surface area contributed by atoms with Crippen LogP contribution in [0.5, 0.6) is 0 Å². The van der Waals surface area contributed by atoms with E-state index >= 15 is 0 Å². The Kier molecular flexibility index (Phi) is 3.03. The molecule has 0 spiro atoms. The maximum absolute atomic E-state index is 12.7. The third-order valence-corrected chi connectivity index (χ3v) is 1.51. The SMILES string of the molecule is Cl.Nc1noc(-c2cccc(F)c2)n1. The van der Waals surface area contributed by atoms with E-state index < -0.39 is 0 Å². The number of nitrogens with two attached hydrogens (primary N) is 1. The monoisotopic (exact) mass is 215 g/mol. The van der Waals surface area contributed by atoms with Crippen molar-refractivity contribution in [2.75, 3.05) is 5.73 Å². The van der Waals surface area contributed by atoms with Crippen LogP contribution >= 0.6 is 12.4 Å². The molecule has 0 saturated heterocycles. The zero-order valence-corrected chi connectivity index (χ0v) is 7.79. The van der Waals surface area contributed by atoms with Crippen LogP contribution in [0.3, 0.4) is 0 Å². The predicted molar refractivity (Wildman–Crippen MR) is 51.4 cm³/mol. The van der Waals surface area contributed by atoms with Crippen LogP contribution in [0.1, 0.15) is 0 Å². The van der Waals surface area contributed by atoms with E-state index in [1.807, 2.05) is 0 Å². The molecule has 0 atom stereocenters. The van der Waals surface area contributed by atoms with Gasteiger partial charge in [-0.2, -0.15) is 4.98 Å². The van der Waals surface area contributed by atoms with Gasteiger partial charge in [0.15, 0.2) is 0 Å². The molecule has 1 heterocycles. The second kappa shape index (κ2) is 4.06. The number of halogens is 2. The Morgan fingerprint density at radius 1 is 1.36 bits per heavy atom. The maximum Gasteiger partial charge on any atom is 0.261 e. The molecule has 0 aliphatic carbocycles. The molecule has 74 valence electrons. The number of benzene rings is 1. The highest BCUT2D eigenvalue weighted by molar-refractivity contribution is 5.85. The quantitative estimate of drug-likeness (QED) is 0.789. The van der Waals surface area contributed by atoms with Crippen LogP contribution in [0, 0.1) is 5.82 Å². The predicted octanol–water partition coefficient (Wildman–Crippen LogP) is 1.88. The van der Waals surface area contributed by atoms with Gasteiger partial charge in [-0.3, -0.25) is 0 Å². The first-order valence-electron chi connectivity index (χ1n) is 3.61. The van der Waals surface area contributed by atoms with Crippen molar-refractivity contribution in [2.24, 2.45) is 0 Å². The normalized spacial score (nSPS) is 9.50. The average Bonchev–Trinajstić information content (AvgIpc) is 2.52. The summed E-state index contributed by atoms with van der Waals surface area (Å²) in [6, 6.07) is 5.86. The zero-order chi connectivity index (χ0) is 9.26. The molecule has 0 saturated carbocycles. The molecule has 0 aliphatic heterocycles. The van der Waals surface area contributed by atoms with Crippen LogP contribution < -0.4 is 5.73 Å². The van der Waals surface area contributed by atoms with E-state index in [4.69, 9.17) is 10.3 Å². The van der Waals surface area contributed by atoms with Crippen molar-refractivity contribution in [3.63, 3.8) is 0 Å². The van der Waals surface area contributed by atoms with Crippen LogP contribution in [0.2, 0.25) is 0 Å². The second-order valence-electron chi connectivity index (χ2n) is 2.47. The molecular formula is C8H7ClFN3O. The summed E-state index contributed by atoms with van der Waals surface area (Å²) in [6.07, 6.45) is 0. The van der Waals surface area contributed by atoms with E-state index in [0.29, 0.717) is 5.56 Å². The van der Waals surface area contributed by atoms with Crippen molar-refractivity contribution >= 4 is 18.4 Å². The first-order valence-corrected chi connectivity index (χ1v) is 3.61. The van der Waals surface area contributed by atoms with Crippen molar-refractivity contribution in [3.05, 3.63) is 30.1 Å². The Morgan fingerprint density at radius 2 is 2.14 bits per heavy atom. The van der Waals surface area contributed by atoms with Crippen molar-refractivity contribution in [1.82, 2.24) is 10.1 Å². The zero-order valence-electron chi connectivity index (χ0n) is 6.98. The van der Waals surface area contributed by atoms with Crippen LogP contribution in [-0.2, 0) is 0 Å². The van der Waals surface area contributed by atoms with Gasteiger partial charge < -0.3 is 10.3 Å². The fourth-order valence-corrected chi connectivity index (χ4v) is 0.974. The number of hydrogen-bond acceptors (Lipinski definition) is 4. The van der Waals surface area contributed by atoms with Crippen molar-refractivity contribution < 1.29 is 8.91 Å². The number of nitrogens with zero attached hydrogens (tertiary/aromatic N) is 2. The lowest BCUT2D eigenvalue weighted by Gasteiger charge is -1.92. The van der Waals surface area contributed by atoms with E-state index in [0.717, 1.165) is 0 Å². The molecule has 4 nitrogen and oxygen atoms in total. The van der Waals surface area contributed by atoms with Gasteiger partial charge in [0.2, 0.25) is 0 Å².